The lowest BCUT2D eigenvalue weighted by Gasteiger charge is -1.79. The van der Waals surface area contributed by atoms with Gasteiger partial charge in [-0.3, -0.25) is 4.79 Å². The number of nitrogens with two attached hydrogens (primary N) is 1. The Kier molecular flexibility index (Phi) is 2.23. The molecule has 2 N–H and O–H groups in total. The molecule has 4 nitrogen and oxygen atoms in total. The number of rotatable bonds is 2. The predicted octanol–water partition coefficient (Wildman–Crippen LogP) is 0.521. The Hall–Kier alpha value is -0.620. The molecular formula is C4H4N3OS2. The molecule has 10 heavy (non-hydrogen) atoms. The van der Waals surface area contributed by atoms with Gasteiger partial charge in [-0.15, -0.1) is 10.2 Å². The van der Waals surface area contributed by atoms with Gasteiger partial charge in [-0.05, 0) is 0 Å². The van der Waals surface area contributed by atoms with Gasteiger partial charge in [0.2, 0.25) is 5.01 Å². The van der Waals surface area contributed by atoms with Crippen LogP contribution in [0.25, 0.3) is 0 Å². The van der Waals surface area contributed by atoms with Crippen molar-refractivity contribution in [1.29, 1.82) is 0 Å². The standard InChI is InChI=1S/C4H4N3OS2/c1-9-4-7-6-3(10-4)2(5)8/h1H2,(H2,5,8). The quantitative estimate of drug-likeness (QED) is 0.664. The summed E-state index contributed by atoms with van der Waals surface area (Å²) in [6.45, 7) is 0. The summed E-state index contributed by atoms with van der Waals surface area (Å²) < 4.78 is 0.647. The third-order valence-electron chi connectivity index (χ3n) is 0.741. The SMILES string of the molecule is [CH2]Sc1nnc(C(N)=O)s1. The van der Waals surface area contributed by atoms with Crippen LogP contribution in [0, 0.1) is 6.26 Å². The molecule has 0 fully saturated rings. The summed E-state index contributed by atoms with van der Waals surface area (Å²) >= 11 is 2.34. The third kappa shape index (κ3) is 1.45. The van der Waals surface area contributed by atoms with Crippen molar-refractivity contribution in [2.24, 2.45) is 5.73 Å². The Balaban J connectivity index is 2.88. The van der Waals surface area contributed by atoms with Crippen molar-refractivity contribution in [2.75, 3.05) is 0 Å². The summed E-state index contributed by atoms with van der Waals surface area (Å²) in [5.41, 5.74) is 4.92. The molecule has 0 aliphatic carbocycles. The van der Waals surface area contributed by atoms with E-state index in [-0.39, 0.29) is 5.01 Å². The fourth-order valence-electron chi connectivity index (χ4n) is 0.368. The monoisotopic (exact) mass is 174 g/mol. The molecule has 0 aromatic carbocycles. The first-order valence-corrected chi connectivity index (χ1v) is 4.09. The summed E-state index contributed by atoms with van der Waals surface area (Å²) in [6.07, 6.45) is 3.50. The second-order valence-electron chi connectivity index (χ2n) is 1.38. The van der Waals surface area contributed by atoms with E-state index in [1.165, 1.54) is 11.8 Å². The lowest BCUT2D eigenvalue weighted by Crippen LogP contribution is -2.10. The van der Waals surface area contributed by atoms with Crippen LogP contribution in [0.4, 0.5) is 0 Å². The maximum atomic E-state index is 10.4. The lowest BCUT2D eigenvalue weighted by molar-refractivity contribution is 0.0999. The van der Waals surface area contributed by atoms with E-state index in [0.717, 1.165) is 11.3 Å². The van der Waals surface area contributed by atoms with Crippen molar-refractivity contribution in [3.05, 3.63) is 11.3 Å². The van der Waals surface area contributed by atoms with E-state index in [0.29, 0.717) is 4.34 Å². The number of carbonyl (C=O) groups is 1. The Bertz CT molecular complexity index is 246. The molecule has 53 valence electrons. The second kappa shape index (κ2) is 2.98. The first-order valence-electron chi connectivity index (χ1n) is 2.29. The number of carbonyl (C=O) groups excluding carboxylic acids is 1. The van der Waals surface area contributed by atoms with Crippen molar-refractivity contribution >= 4 is 29.0 Å². The molecule has 0 aliphatic rings. The highest BCUT2D eigenvalue weighted by Gasteiger charge is 2.06. The van der Waals surface area contributed by atoms with E-state index in [2.05, 4.69) is 16.5 Å². The molecule has 0 saturated heterocycles. The van der Waals surface area contributed by atoms with Crippen LogP contribution in [-0.4, -0.2) is 16.1 Å². The molecule has 1 amide bonds. The predicted molar refractivity (Wildman–Crippen MR) is 39.6 cm³/mol. The minimum Gasteiger partial charge on any atom is -0.363 e. The summed E-state index contributed by atoms with van der Waals surface area (Å²) in [4.78, 5) is 10.4. The number of amides is 1. The fourth-order valence-corrected chi connectivity index (χ4v) is 1.37. The zero-order valence-electron chi connectivity index (χ0n) is 4.90. The van der Waals surface area contributed by atoms with E-state index in [1.807, 2.05) is 0 Å². The zero-order chi connectivity index (χ0) is 7.56. The highest BCUT2D eigenvalue weighted by molar-refractivity contribution is 8.02. The zero-order valence-corrected chi connectivity index (χ0v) is 6.54. The van der Waals surface area contributed by atoms with Crippen LogP contribution in [0.15, 0.2) is 4.34 Å². The van der Waals surface area contributed by atoms with Gasteiger partial charge in [0.15, 0.2) is 4.34 Å². The average Bonchev–Trinajstić information content (AvgIpc) is 2.34. The molecule has 1 radical (unpaired) electrons. The van der Waals surface area contributed by atoms with Gasteiger partial charge < -0.3 is 5.73 Å². The number of primary amides is 1. The third-order valence-corrected chi connectivity index (χ3v) is 2.41. The van der Waals surface area contributed by atoms with Gasteiger partial charge in [-0.2, -0.15) is 0 Å². The Labute approximate surface area is 65.8 Å². The van der Waals surface area contributed by atoms with Crippen molar-refractivity contribution in [3.8, 4) is 0 Å². The Morgan fingerprint density at radius 1 is 1.70 bits per heavy atom. The fraction of sp³-hybridized carbons (Fsp3) is 0. The van der Waals surface area contributed by atoms with Crippen LogP contribution in [0.5, 0.6) is 0 Å². The molecule has 0 unspecified atom stereocenters. The van der Waals surface area contributed by atoms with Gasteiger partial charge >= 0.3 is 0 Å². The van der Waals surface area contributed by atoms with Crippen molar-refractivity contribution in [1.82, 2.24) is 10.2 Å². The van der Waals surface area contributed by atoms with Crippen LogP contribution < -0.4 is 5.73 Å². The van der Waals surface area contributed by atoms with E-state index >= 15 is 0 Å². The molecule has 0 saturated carbocycles. The number of thioether (sulfide) groups is 1. The molecular weight excluding hydrogens is 170 g/mol. The average molecular weight is 174 g/mol. The van der Waals surface area contributed by atoms with Crippen molar-refractivity contribution in [3.63, 3.8) is 0 Å². The molecule has 1 rings (SSSR count). The minimum atomic E-state index is -0.544. The molecule has 6 heteroatoms. The van der Waals surface area contributed by atoms with Gasteiger partial charge in [0.25, 0.3) is 5.91 Å². The number of aromatic nitrogens is 2. The van der Waals surface area contributed by atoms with Gasteiger partial charge in [-0.25, -0.2) is 0 Å². The maximum absolute atomic E-state index is 10.4. The summed E-state index contributed by atoms with van der Waals surface area (Å²) in [7, 11) is 0. The van der Waals surface area contributed by atoms with Gasteiger partial charge in [0.05, 0.1) is 0 Å². The van der Waals surface area contributed by atoms with E-state index < -0.39 is 5.91 Å². The van der Waals surface area contributed by atoms with Crippen LogP contribution in [0.3, 0.4) is 0 Å². The van der Waals surface area contributed by atoms with Crippen LogP contribution in [0.2, 0.25) is 0 Å². The Morgan fingerprint density at radius 3 is 2.70 bits per heavy atom. The van der Waals surface area contributed by atoms with Gasteiger partial charge in [0.1, 0.15) is 0 Å². The lowest BCUT2D eigenvalue weighted by atomic mass is 10.7. The minimum absolute atomic E-state index is 0.228. The second-order valence-corrected chi connectivity index (χ2v) is 3.29. The van der Waals surface area contributed by atoms with Crippen LogP contribution in [0.1, 0.15) is 9.80 Å². The largest absolute Gasteiger partial charge is 0.363 e. The summed E-state index contributed by atoms with van der Waals surface area (Å²) in [6, 6.07) is 0. The maximum Gasteiger partial charge on any atom is 0.279 e. The highest BCUT2D eigenvalue weighted by atomic mass is 32.2. The molecule has 0 spiro atoms. The van der Waals surface area contributed by atoms with E-state index in [1.54, 1.807) is 0 Å². The first kappa shape index (κ1) is 7.49. The van der Waals surface area contributed by atoms with Crippen LogP contribution in [-0.2, 0) is 0 Å². The number of hydrogen-bond acceptors (Lipinski definition) is 5. The molecule has 0 atom stereocenters. The smallest absolute Gasteiger partial charge is 0.279 e. The first-order chi connectivity index (χ1) is 4.74. The molecule has 0 aliphatic heterocycles. The van der Waals surface area contributed by atoms with E-state index in [9.17, 15) is 4.79 Å². The molecule has 1 aromatic heterocycles. The molecule has 1 aromatic rings. The summed E-state index contributed by atoms with van der Waals surface area (Å²) in [5, 5.41) is 7.37. The topological polar surface area (TPSA) is 68.9 Å². The summed E-state index contributed by atoms with van der Waals surface area (Å²) in [5.74, 6) is -0.544. The van der Waals surface area contributed by atoms with Gasteiger partial charge in [-0.1, -0.05) is 23.1 Å². The normalized spacial score (nSPS) is 9.70. The molecule has 1 heterocycles. The van der Waals surface area contributed by atoms with E-state index in [4.69, 9.17) is 5.73 Å². The van der Waals surface area contributed by atoms with Crippen LogP contribution >= 0.6 is 23.1 Å². The van der Waals surface area contributed by atoms with Crippen molar-refractivity contribution < 1.29 is 4.79 Å². The Morgan fingerprint density at radius 2 is 2.40 bits per heavy atom. The van der Waals surface area contributed by atoms with Crippen molar-refractivity contribution in [2.45, 2.75) is 4.34 Å². The molecule has 0 bridgehead atoms. The number of hydrogen-bond donors (Lipinski definition) is 1. The van der Waals surface area contributed by atoms with Gasteiger partial charge in [0, 0.05) is 6.26 Å². The highest BCUT2D eigenvalue weighted by Crippen LogP contribution is 2.19. The number of nitrogens with zero attached hydrogens (tertiary/aromatic N) is 2.